The third-order valence-corrected chi connectivity index (χ3v) is 5.20. The molecule has 1 aromatic carbocycles. The molecule has 0 bridgehead atoms. The van der Waals surface area contributed by atoms with Crippen molar-refractivity contribution in [3.63, 3.8) is 0 Å². The maximum atomic E-state index is 14.0. The number of carbonyl (C=O) groups excluding carboxylic acids is 1. The van der Waals surface area contributed by atoms with Crippen LogP contribution in [0.2, 0.25) is 0 Å². The summed E-state index contributed by atoms with van der Waals surface area (Å²) in [6, 6.07) is 5.59. The van der Waals surface area contributed by atoms with Gasteiger partial charge in [0.2, 0.25) is 5.89 Å². The van der Waals surface area contributed by atoms with Gasteiger partial charge in [-0.25, -0.2) is 19.3 Å². The third kappa shape index (κ3) is 3.18. The van der Waals surface area contributed by atoms with E-state index in [9.17, 15) is 9.18 Å². The fraction of sp³-hybridized carbons (Fsp3) is 0.238. The van der Waals surface area contributed by atoms with Crippen LogP contribution in [0.4, 0.5) is 4.39 Å². The lowest BCUT2D eigenvalue weighted by atomic mass is 10.0. The number of carbonyl (C=O) groups is 1. The Morgan fingerprint density at radius 2 is 2.03 bits per heavy atom. The van der Waals surface area contributed by atoms with Crippen LogP contribution in [0.5, 0.6) is 0 Å². The fourth-order valence-corrected chi connectivity index (χ4v) is 3.82. The Bertz CT molecular complexity index is 1240. The van der Waals surface area contributed by atoms with Crippen LogP contribution in [-0.4, -0.2) is 42.4 Å². The van der Waals surface area contributed by atoms with Crippen LogP contribution in [0.15, 0.2) is 47.5 Å². The molecule has 0 spiro atoms. The molecule has 9 heteroatoms. The Hall–Kier alpha value is -3.75. The highest BCUT2D eigenvalue weighted by molar-refractivity contribution is 6.07. The van der Waals surface area contributed by atoms with Crippen LogP contribution in [0.1, 0.15) is 41.0 Å². The summed E-state index contributed by atoms with van der Waals surface area (Å²) < 4.78 is 19.3. The third-order valence-electron chi connectivity index (χ3n) is 5.20. The minimum atomic E-state index is -0.431. The highest BCUT2D eigenvalue weighted by atomic mass is 19.1. The van der Waals surface area contributed by atoms with E-state index in [2.05, 4.69) is 25.1 Å². The van der Waals surface area contributed by atoms with Gasteiger partial charge >= 0.3 is 0 Å². The lowest BCUT2D eigenvalue weighted by molar-refractivity contribution is 0.0712. The maximum Gasteiger partial charge on any atom is 0.255 e. The van der Waals surface area contributed by atoms with Crippen LogP contribution in [0.25, 0.3) is 22.2 Å². The molecule has 0 saturated carbocycles. The van der Waals surface area contributed by atoms with Crippen LogP contribution < -0.4 is 0 Å². The zero-order valence-corrected chi connectivity index (χ0v) is 16.1. The highest BCUT2D eigenvalue weighted by Crippen LogP contribution is 2.34. The number of likely N-dealkylation sites (tertiary alicyclic amines) is 1. The first kappa shape index (κ1) is 18.3. The second-order valence-electron chi connectivity index (χ2n) is 7.18. The Kier molecular flexibility index (Phi) is 4.42. The van der Waals surface area contributed by atoms with Gasteiger partial charge in [0.1, 0.15) is 18.2 Å². The number of fused-ring (bicyclic) bond motifs is 1. The minimum Gasteiger partial charge on any atom is -0.337 e. The monoisotopic (exact) mass is 404 g/mol. The normalized spacial score (nSPS) is 16.3. The predicted octanol–water partition coefficient (Wildman–Crippen LogP) is 3.50. The summed E-state index contributed by atoms with van der Waals surface area (Å²) in [6.07, 6.45) is 6.21. The van der Waals surface area contributed by atoms with E-state index in [1.165, 1.54) is 18.5 Å². The number of pyridine rings is 1. The highest BCUT2D eigenvalue weighted by Gasteiger charge is 2.35. The molecule has 1 saturated heterocycles. The first-order chi connectivity index (χ1) is 14.6. The number of aromatic nitrogens is 5. The fourth-order valence-electron chi connectivity index (χ4n) is 3.82. The van der Waals surface area contributed by atoms with Gasteiger partial charge in [-0.1, -0.05) is 5.16 Å². The van der Waals surface area contributed by atoms with Crippen LogP contribution in [0, 0.1) is 12.7 Å². The number of halogens is 1. The van der Waals surface area contributed by atoms with Crippen molar-refractivity contribution in [2.75, 3.05) is 6.54 Å². The van der Waals surface area contributed by atoms with Gasteiger partial charge in [-0.3, -0.25) is 4.79 Å². The quantitative estimate of drug-likeness (QED) is 0.515. The van der Waals surface area contributed by atoms with Crippen LogP contribution >= 0.6 is 0 Å². The average Bonchev–Trinajstić information content (AvgIpc) is 3.42. The SMILES string of the molecule is Cc1noc(C2CCCN2C(=O)c2cc(-c3cncnc3)nc3ccc(F)cc23)n1. The summed E-state index contributed by atoms with van der Waals surface area (Å²) in [5.74, 6) is 0.274. The zero-order chi connectivity index (χ0) is 20.7. The number of hydrogen-bond acceptors (Lipinski definition) is 7. The molecule has 0 N–H and O–H groups in total. The molecule has 8 nitrogen and oxygen atoms in total. The van der Waals surface area contributed by atoms with Crippen molar-refractivity contribution in [2.45, 2.75) is 25.8 Å². The zero-order valence-electron chi connectivity index (χ0n) is 16.1. The number of rotatable bonds is 3. The van der Waals surface area contributed by atoms with E-state index in [4.69, 9.17) is 4.52 Å². The van der Waals surface area contributed by atoms with Crippen molar-refractivity contribution in [1.82, 2.24) is 30.0 Å². The molecule has 1 fully saturated rings. The van der Waals surface area contributed by atoms with E-state index in [0.717, 1.165) is 12.8 Å². The Labute approximate surface area is 170 Å². The van der Waals surface area contributed by atoms with E-state index >= 15 is 0 Å². The predicted molar refractivity (Wildman–Crippen MR) is 105 cm³/mol. The molecule has 0 aliphatic carbocycles. The Balaban J connectivity index is 1.63. The molecule has 4 heterocycles. The number of aryl methyl sites for hydroxylation is 1. The van der Waals surface area contributed by atoms with Crippen molar-refractivity contribution in [3.05, 3.63) is 66.1 Å². The molecule has 1 amide bonds. The van der Waals surface area contributed by atoms with Gasteiger partial charge in [-0.05, 0) is 44.0 Å². The van der Waals surface area contributed by atoms with E-state index in [-0.39, 0.29) is 11.9 Å². The van der Waals surface area contributed by atoms with Gasteiger partial charge in [0.25, 0.3) is 5.91 Å². The van der Waals surface area contributed by atoms with Crippen molar-refractivity contribution in [1.29, 1.82) is 0 Å². The van der Waals surface area contributed by atoms with Gasteiger partial charge in [-0.2, -0.15) is 4.98 Å². The van der Waals surface area contributed by atoms with Crippen molar-refractivity contribution in [2.24, 2.45) is 0 Å². The standard InChI is InChI=1S/C21H17FN6O2/c1-12-25-20(30-27-12)19-3-2-6-28(19)21(29)16-8-18(13-9-23-11-24-10-13)26-17-5-4-14(22)7-15(16)17/h4-5,7-11,19H,2-3,6H2,1H3. The molecular weight excluding hydrogens is 387 g/mol. The Morgan fingerprint density at radius 1 is 1.20 bits per heavy atom. The van der Waals surface area contributed by atoms with E-state index in [1.54, 1.807) is 36.4 Å². The van der Waals surface area contributed by atoms with Crippen molar-refractivity contribution >= 4 is 16.8 Å². The molecular formula is C21H17FN6O2. The molecule has 1 unspecified atom stereocenters. The van der Waals surface area contributed by atoms with E-state index in [1.807, 2.05) is 0 Å². The molecule has 30 heavy (non-hydrogen) atoms. The molecule has 150 valence electrons. The molecule has 3 aromatic heterocycles. The molecule has 0 radical (unpaired) electrons. The number of amides is 1. The summed E-state index contributed by atoms with van der Waals surface area (Å²) in [5, 5.41) is 4.30. The van der Waals surface area contributed by atoms with Gasteiger partial charge in [-0.15, -0.1) is 0 Å². The molecule has 1 aliphatic heterocycles. The largest absolute Gasteiger partial charge is 0.337 e. The molecule has 1 atom stereocenters. The van der Waals surface area contributed by atoms with E-state index < -0.39 is 5.82 Å². The van der Waals surface area contributed by atoms with Gasteiger partial charge in [0.15, 0.2) is 5.82 Å². The summed E-state index contributed by atoms with van der Waals surface area (Å²) in [5.41, 5.74) is 2.10. The number of benzene rings is 1. The van der Waals surface area contributed by atoms with Gasteiger partial charge in [0, 0.05) is 29.9 Å². The number of nitrogens with zero attached hydrogens (tertiary/aromatic N) is 6. The Morgan fingerprint density at radius 3 is 2.80 bits per heavy atom. The van der Waals surface area contributed by atoms with Gasteiger partial charge in [0.05, 0.1) is 16.8 Å². The smallest absolute Gasteiger partial charge is 0.255 e. The summed E-state index contributed by atoms with van der Waals surface area (Å²) >= 11 is 0. The minimum absolute atomic E-state index is 0.232. The molecule has 4 aromatic rings. The topological polar surface area (TPSA) is 97.9 Å². The lowest BCUT2D eigenvalue weighted by Crippen LogP contribution is -2.31. The summed E-state index contributed by atoms with van der Waals surface area (Å²) in [7, 11) is 0. The van der Waals surface area contributed by atoms with Crippen LogP contribution in [0.3, 0.4) is 0 Å². The average molecular weight is 404 g/mol. The lowest BCUT2D eigenvalue weighted by Gasteiger charge is -2.23. The first-order valence-corrected chi connectivity index (χ1v) is 9.57. The number of hydrogen-bond donors (Lipinski definition) is 0. The van der Waals surface area contributed by atoms with E-state index in [0.29, 0.717) is 46.0 Å². The van der Waals surface area contributed by atoms with Crippen LogP contribution in [-0.2, 0) is 0 Å². The van der Waals surface area contributed by atoms with Gasteiger partial charge < -0.3 is 9.42 Å². The first-order valence-electron chi connectivity index (χ1n) is 9.57. The molecule has 1 aliphatic rings. The molecule has 5 rings (SSSR count). The van der Waals surface area contributed by atoms with Crippen molar-refractivity contribution in [3.8, 4) is 11.3 Å². The second kappa shape index (κ2) is 7.25. The summed E-state index contributed by atoms with van der Waals surface area (Å²) in [4.78, 5) is 32.2. The van der Waals surface area contributed by atoms with Crippen molar-refractivity contribution < 1.29 is 13.7 Å². The second-order valence-corrected chi connectivity index (χ2v) is 7.18. The summed E-state index contributed by atoms with van der Waals surface area (Å²) in [6.45, 7) is 2.29. The maximum absolute atomic E-state index is 14.0.